The molecule has 1 aromatic carbocycles. The molecule has 29 heavy (non-hydrogen) atoms. The Hall–Kier alpha value is -2.66. The lowest BCUT2D eigenvalue weighted by atomic mass is 9.77. The van der Waals surface area contributed by atoms with Gasteiger partial charge in [0.05, 0.1) is 29.7 Å². The van der Waals surface area contributed by atoms with Crippen molar-refractivity contribution >= 4 is 5.91 Å². The minimum Gasteiger partial charge on any atom is -0.336 e. The van der Waals surface area contributed by atoms with E-state index in [1.165, 1.54) is 11.1 Å². The van der Waals surface area contributed by atoms with Crippen molar-refractivity contribution in [2.45, 2.75) is 44.8 Å². The second-order valence-corrected chi connectivity index (χ2v) is 8.32. The number of hydrogen-bond donors (Lipinski definition) is 1. The molecule has 2 aromatic rings. The molecule has 2 aliphatic heterocycles. The van der Waals surface area contributed by atoms with Gasteiger partial charge in [0, 0.05) is 24.8 Å². The van der Waals surface area contributed by atoms with Crippen LogP contribution in [0.5, 0.6) is 0 Å². The zero-order chi connectivity index (χ0) is 20.4. The summed E-state index contributed by atoms with van der Waals surface area (Å²) in [6, 6.07) is 10.6. The Labute approximate surface area is 173 Å². The van der Waals surface area contributed by atoms with E-state index < -0.39 is 5.41 Å². The lowest BCUT2D eigenvalue weighted by Crippen LogP contribution is -2.51. The Kier molecular flexibility index (Phi) is 5.41. The van der Waals surface area contributed by atoms with Gasteiger partial charge in [-0.15, -0.1) is 13.2 Å². The number of rotatable bonds is 7. The number of nitrogens with zero attached hydrogens (tertiary/aromatic N) is 3. The Balaban J connectivity index is 1.61. The monoisotopic (exact) mass is 390 g/mol. The van der Waals surface area contributed by atoms with Gasteiger partial charge in [0.15, 0.2) is 0 Å². The smallest absolute Gasteiger partial charge is 0.229 e. The molecule has 2 unspecified atom stereocenters. The van der Waals surface area contributed by atoms with Crippen molar-refractivity contribution in [3.8, 4) is 0 Å². The zero-order valence-corrected chi connectivity index (χ0v) is 17.2. The number of piperazine rings is 1. The van der Waals surface area contributed by atoms with Gasteiger partial charge in [-0.05, 0) is 31.7 Å². The van der Waals surface area contributed by atoms with Crippen LogP contribution in [0.15, 0.2) is 61.8 Å². The van der Waals surface area contributed by atoms with E-state index in [-0.39, 0.29) is 18.0 Å². The van der Waals surface area contributed by atoms with E-state index in [0.717, 1.165) is 31.7 Å². The number of fused-ring (bicyclic) bond motifs is 1. The number of aromatic nitrogens is 2. The normalized spacial score (nSPS) is 23.1. The minimum absolute atomic E-state index is 0.105. The van der Waals surface area contributed by atoms with Crippen molar-refractivity contribution in [2.24, 2.45) is 5.41 Å². The highest BCUT2D eigenvalue weighted by Crippen LogP contribution is 2.47. The van der Waals surface area contributed by atoms with Crippen molar-refractivity contribution in [3.63, 3.8) is 0 Å². The molecule has 2 fully saturated rings. The van der Waals surface area contributed by atoms with Crippen LogP contribution >= 0.6 is 0 Å². The number of nitrogens with one attached hydrogen (secondary N) is 1. The van der Waals surface area contributed by atoms with Gasteiger partial charge in [-0.3, -0.25) is 9.48 Å². The summed E-state index contributed by atoms with van der Waals surface area (Å²) in [6.07, 6.45) is 8.13. The van der Waals surface area contributed by atoms with Crippen LogP contribution in [0, 0.1) is 12.3 Å². The molecule has 2 saturated heterocycles. The summed E-state index contributed by atoms with van der Waals surface area (Å²) in [5, 5.41) is 8.43. The largest absolute Gasteiger partial charge is 0.336 e. The van der Waals surface area contributed by atoms with Gasteiger partial charge in [-0.2, -0.15) is 5.10 Å². The quantitative estimate of drug-likeness (QED) is 0.735. The second kappa shape index (κ2) is 7.99. The van der Waals surface area contributed by atoms with Crippen molar-refractivity contribution in [1.82, 2.24) is 20.0 Å². The van der Waals surface area contributed by atoms with E-state index in [1.807, 2.05) is 22.9 Å². The number of amides is 1. The van der Waals surface area contributed by atoms with Crippen LogP contribution in [0.4, 0.5) is 0 Å². The predicted octanol–water partition coefficient (Wildman–Crippen LogP) is 3.62. The highest BCUT2D eigenvalue weighted by molar-refractivity contribution is 5.86. The molecule has 0 radical (unpaired) electrons. The first-order valence-corrected chi connectivity index (χ1v) is 10.4. The number of carbonyl (C=O) groups excluding carboxylic acids is 1. The van der Waals surface area contributed by atoms with E-state index in [4.69, 9.17) is 5.10 Å². The highest BCUT2D eigenvalue weighted by atomic mass is 16.2. The molecule has 5 heteroatoms. The molecule has 3 heterocycles. The summed E-state index contributed by atoms with van der Waals surface area (Å²) >= 11 is 0. The molecule has 4 rings (SSSR count). The lowest BCUT2D eigenvalue weighted by molar-refractivity contribution is -0.137. The lowest BCUT2D eigenvalue weighted by Gasteiger charge is -2.37. The molecule has 1 N–H and O–H groups in total. The number of benzene rings is 1. The Morgan fingerprint density at radius 2 is 1.97 bits per heavy atom. The third-order valence-corrected chi connectivity index (χ3v) is 6.39. The van der Waals surface area contributed by atoms with Crippen LogP contribution in [0.3, 0.4) is 0 Å². The van der Waals surface area contributed by atoms with Crippen molar-refractivity contribution < 1.29 is 4.79 Å². The maximum Gasteiger partial charge on any atom is 0.229 e. The fourth-order valence-corrected chi connectivity index (χ4v) is 5.08. The van der Waals surface area contributed by atoms with Crippen LogP contribution in [0.2, 0.25) is 0 Å². The molecular weight excluding hydrogens is 360 g/mol. The average molecular weight is 391 g/mol. The highest BCUT2D eigenvalue weighted by Gasteiger charge is 2.53. The molecule has 5 nitrogen and oxygen atoms in total. The van der Waals surface area contributed by atoms with Crippen molar-refractivity contribution in [3.05, 3.63) is 78.7 Å². The van der Waals surface area contributed by atoms with E-state index in [2.05, 4.69) is 60.8 Å². The summed E-state index contributed by atoms with van der Waals surface area (Å²) < 4.78 is 2.01. The SMILES string of the molecule is C=CCC1(CC=C)CC2C(c3cn(Cc4ccccc4)nc3C)NCCN2C1=O. The van der Waals surface area contributed by atoms with Gasteiger partial charge in [-0.1, -0.05) is 42.5 Å². The first-order valence-electron chi connectivity index (χ1n) is 10.4. The topological polar surface area (TPSA) is 50.2 Å². The number of allylic oxidation sites excluding steroid dienone is 2. The standard InChI is InChI=1S/C24H30N4O/c1-4-11-24(12-5-2)15-21-22(25-13-14-28(21)23(24)29)20-17-27(26-18(20)3)16-19-9-7-6-8-10-19/h4-10,17,21-22,25H,1-2,11-16H2,3H3. The molecular formula is C24H30N4O. The Morgan fingerprint density at radius 1 is 1.24 bits per heavy atom. The summed E-state index contributed by atoms with van der Waals surface area (Å²) in [5.41, 5.74) is 3.05. The zero-order valence-electron chi connectivity index (χ0n) is 17.2. The third kappa shape index (κ3) is 3.55. The fraction of sp³-hybridized carbons (Fsp3) is 0.417. The summed E-state index contributed by atoms with van der Waals surface area (Å²) in [4.78, 5) is 15.4. The van der Waals surface area contributed by atoms with Crippen LogP contribution < -0.4 is 5.32 Å². The fourth-order valence-electron chi connectivity index (χ4n) is 5.08. The van der Waals surface area contributed by atoms with Gasteiger partial charge in [0.25, 0.3) is 0 Å². The van der Waals surface area contributed by atoms with E-state index in [1.54, 1.807) is 0 Å². The van der Waals surface area contributed by atoms with Gasteiger partial charge >= 0.3 is 0 Å². The molecule has 2 aliphatic rings. The molecule has 0 spiro atoms. The molecule has 1 aromatic heterocycles. The van der Waals surface area contributed by atoms with Crippen LogP contribution in [-0.2, 0) is 11.3 Å². The van der Waals surface area contributed by atoms with E-state index >= 15 is 0 Å². The Morgan fingerprint density at radius 3 is 2.66 bits per heavy atom. The van der Waals surface area contributed by atoms with Crippen molar-refractivity contribution in [2.75, 3.05) is 13.1 Å². The molecule has 152 valence electrons. The van der Waals surface area contributed by atoms with Crippen LogP contribution in [0.1, 0.15) is 42.1 Å². The average Bonchev–Trinajstić information content (AvgIpc) is 3.21. The number of aryl methyl sites for hydroxylation is 1. The minimum atomic E-state index is -0.396. The van der Waals surface area contributed by atoms with Gasteiger partial charge in [0.2, 0.25) is 5.91 Å². The van der Waals surface area contributed by atoms with Crippen LogP contribution in [0.25, 0.3) is 0 Å². The summed E-state index contributed by atoms with van der Waals surface area (Å²) in [5.74, 6) is 0.253. The molecule has 0 bridgehead atoms. The number of hydrogen-bond acceptors (Lipinski definition) is 3. The summed E-state index contributed by atoms with van der Waals surface area (Å²) in [7, 11) is 0. The maximum absolute atomic E-state index is 13.3. The van der Waals surface area contributed by atoms with E-state index in [0.29, 0.717) is 12.8 Å². The first-order chi connectivity index (χ1) is 14.1. The second-order valence-electron chi connectivity index (χ2n) is 8.32. The first kappa shape index (κ1) is 19.6. The summed E-state index contributed by atoms with van der Waals surface area (Å²) in [6.45, 7) is 12.2. The third-order valence-electron chi connectivity index (χ3n) is 6.39. The van der Waals surface area contributed by atoms with Crippen molar-refractivity contribution in [1.29, 1.82) is 0 Å². The molecule has 0 aliphatic carbocycles. The van der Waals surface area contributed by atoms with Crippen LogP contribution in [-0.4, -0.2) is 39.7 Å². The predicted molar refractivity (Wildman–Crippen MR) is 115 cm³/mol. The van der Waals surface area contributed by atoms with E-state index in [9.17, 15) is 4.79 Å². The van der Waals surface area contributed by atoms with Gasteiger partial charge in [-0.25, -0.2) is 0 Å². The Bertz CT molecular complexity index is 891. The van der Waals surface area contributed by atoms with Gasteiger partial charge < -0.3 is 10.2 Å². The maximum atomic E-state index is 13.3. The molecule has 0 saturated carbocycles. The molecule has 1 amide bonds. The number of carbonyl (C=O) groups is 1. The van der Waals surface area contributed by atoms with Gasteiger partial charge in [0.1, 0.15) is 0 Å². The molecule has 2 atom stereocenters.